The number of esters is 1. The van der Waals surface area contributed by atoms with E-state index in [2.05, 4.69) is 42.2 Å². The SMILES string of the molecule is CC[C@H]1NC(=O)c2cccc(c2)CNC(=O)[C@H](CC(=O)OC(C)(C)C)NC(=O)CNC(=O)[C@H](CCCN=C(NC(=O)OCc2ccccc2)NC(=O)OCc2ccccc2)NC1=O. The number of aliphatic imine (C=N–C) groups is 1. The molecule has 3 atom stereocenters. The second-order valence-electron chi connectivity index (χ2n) is 15.3. The van der Waals surface area contributed by atoms with Gasteiger partial charge in [-0.15, -0.1) is 0 Å². The zero-order chi connectivity index (χ0) is 45.8. The van der Waals surface area contributed by atoms with Gasteiger partial charge in [0.05, 0.1) is 13.0 Å². The van der Waals surface area contributed by atoms with Crippen LogP contribution in [-0.4, -0.2) is 90.5 Å². The molecular weight excluding hydrogens is 817 g/mol. The number of amides is 7. The molecule has 1 aliphatic heterocycles. The highest BCUT2D eigenvalue weighted by Gasteiger charge is 2.30. The lowest BCUT2D eigenvalue weighted by atomic mass is 10.1. The van der Waals surface area contributed by atoms with Crippen LogP contribution < -0.4 is 37.2 Å². The van der Waals surface area contributed by atoms with Gasteiger partial charge in [0.15, 0.2) is 0 Å². The van der Waals surface area contributed by atoms with Crippen molar-refractivity contribution in [2.24, 2.45) is 4.99 Å². The highest BCUT2D eigenvalue weighted by atomic mass is 16.6. The fourth-order valence-corrected chi connectivity index (χ4v) is 5.87. The van der Waals surface area contributed by atoms with Gasteiger partial charge < -0.3 is 40.8 Å². The Kier molecular flexibility index (Phi) is 18.6. The first-order chi connectivity index (χ1) is 30.1. The van der Waals surface area contributed by atoms with E-state index in [1.807, 2.05) is 12.1 Å². The average Bonchev–Trinajstić information content (AvgIpc) is 3.25. The Morgan fingerprint density at radius 1 is 0.698 bits per heavy atom. The van der Waals surface area contributed by atoms with Gasteiger partial charge in [0.2, 0.25) is 29.6 Å². The Balaban J connectivity index is 1.51. The van der Waals surface area contributed by atoms with Crippen LogP contribution in [0.15, 0.2) is 89.9 Å². The molecule has 336 valence electrons. The Bertz CT molecular complexity index is 2050. The quantitative estimate of drug-likeness (QED) is 0.0485. The van der Waals surface area contributed by atoms with Crippen molar-refractivity contribution in [3.63, 3.8) is 0 Å². The smallest absolute Gasteiger partial charge is 0.414 e. The molecule has 4 rings (SSSR count). The summed E-state index contributed by atoms with van der Waals surface area (Å²) in [4.78, 5) is 110. The molecule has 0 fully saturated rings. The van der Waals surface area contributed by atoms with E-state index in [1.54, 1.807) is 88.4 Å². The van der Waals surface area contributed by atoms with Crippen LogP contribution >= 0.6 is 0 Å². The Hall–Kier alpha value is -7.31. The molecule has 0 spiro atoms. The maximum Gasteiger partial charge on any atom is 0.414 e. The molecule has 0 saturated heterocycles. The number of ether oxygens (including phenoxy) is 3. The summed E-state index contributed by atoms with van der Waals surface area (Å²) in [5.74, 6) is -4.68. The first-order valence-electron chi connectivity index (χ1n) is 20.3. The first kappa shape index (κ1) is 48.4. The number of benzene rings is 3. The van der Waals surface area contributed by atoms with Crippen molar-refractivity contribution in [3.05, 3.63) is 107 Å². The van der Waals surface area contributed by atoms with E-state index in [0.717, 1.165) is 0 Å². The van der Waals surface area contributed by atoms with E-state index in [4.69, 9.17) is 14.2 Å². The third-order valence-corrected chi connectivity index (χ3v) is 8.97. The largest absolute Gasteiger partial charge is 0.460 e. The van der Waals surface area contributed by atoms with Gasteiger partial charge in [-0.05, 0) is 68.9 Å². The minimum absolute atomic E-state index is 0.0644. The van der Waals surface area contributed by atoms with Gasteiger partial charge in [-0.1, -0.05) is 79.7 Å². The van der Waals surface area contributed by atoms with Crippen LogP contribution in [0, 0.1) is 0 Å². The summed E-state index contributed by atoms with van der Waals surface area (Å²) in [6.07, 6.45) is -2.24. The topological polar surface area (TPSA) is 261 Å². The lowest BCUT2D eigenvalue weighted by Gasteiger charge is -2.24. The van der Waals surface area contributed by atoms with E-state index in [9.17, 15) is 38.4 Å². The van der Waals surface area contributed by atoms with Crippen molar-refractivity contribution < 1.29 is 52.6 Å². The van der Waals surface area contributed by atoms with Crippen molar-refractivity contribution >= 4 is 53.7 Å². The van der Waals surface area contributed by atoms with E-state index >= 15 is 0 Å². The van der Waals surface area contributed by atoms with Crippen molar-refractivity contribution in [1.82, 2.24) is 37.2 Å². The number of carbonyl (C=O) groups is 8. The van der Waals surface area contributed by atoms with Crippen LogP contribution in [0.2, 0.25) is 0 Å². The maximum atomic E-state index is 13.6. The number of guanidine groups is 1. The number of nitrogens with zero attached hydrogens (tertiary/aromatic N) is 1. The third-order valence-electron chi connectivity index (χ3n) is 8.97. The second kappa shape index (κ2) is 24.2. The van der Waals surface area contributed by atoms with E-state index < -0.39 is 84.4 Å². The van der Waals surface area contributed by atoms with Crippen LogP contribution in [0.25, 0.3) is 0 Å². The van der Waals surface area contributed by atoms with Gasteiger partial charge in [-0.2, -0.15) is 0 Å². The van der Waals surface area contributed by atoms with E-state index in [-0.39, 0.29) is 57.1 Å². The summed E-state index contributed by atoms with van der Waals surface area (Å²) in [5, 5.41) is 17.7. The van der Waals surface area contributed by atoms with Crippen molar-refractivity contribution in [2.45, 2.75) is 96.9 Å². The van der Waals surface area contributed by atoms with Crippen LogP contribution in [0.1, 0.15) is 80.4 Å². The zero-order valence-corrected chi connectivity index (χ0v) is 35.6. The minimum Gasteiger partial charge on any atom is -0.460 e. The zero-order valence-electron chi connectivity index (χ0n) is 35.6. The molecule has 0 radical (unpaired) electrons. The van der Waals surface area contributed by atoms with Crippen LogP contribution in [0.4, 0.5) is 9.59 Å². The lowest BCUT2D eigenvalue weighted by molar-refractivity contribution is -0.156. The number of alkyl carbamates (subject to hydrolysis) is 2. The molecule has 7 amide bonds. The minimum atomic E-state index is -1.39. The summed E-state index contributed by atoms with van der Waals surface area (Å²) in [7, 11) is 0. The van der Waals surface area contributed by atoms with E-state index in [0.29, 0.717) is 16.7 Å². The van der Waals surface area contributed by atoms with Crippen molar-refractivity contribution in [2.75, 3.05) is 13.1 Å². The van der Waals surface area contributed by atoms with Gasteiger partial charge in [0, 0.05) is 18.7 Å². The molecular formula is C44H54N8O11. The molecule has 3 aromatic rings. The van der Waals surface area contributed by atoms with Crippen molar-refractivity contribution in [3.8, 4) is 0 Å². The lowest BCUT2D eigenvalue weighted by Crippen LogP contribution is -2.55. The monoisotopic (exact) mass is 870 g/mol. The molecule has 0 saturated carbocycles. The third kappa shape index (κ3) is 17.7. The summed E-state index contributed by atoms with van der Waals surface area (Å²) in [6, 6.07) is 20.3. The molecule has 63 heavy (non-hydrogen) atoms. The summed E-state index contributed by atoms with van der Waals surface area (Å²) < 4.78 is 15.9. The molecule has 19 heteroatoms. The van der Waals surface area contributed by atoms with Gasteiger partial charge in [-0.25, -0.2) is 9.59 Å². The Morgan fingerprint density at radius 3 is 1.87 bits per heavy atom. The van der Waals surface area contributed by atoms with Gasteiger partial charge >= 0.3 is 18.2 Å². The summed E-state index contributed by atoms with van der Waals surface area (Å²) in [5.41, 5.74) is 1.26. The predicted molar refractivity (Wildman–Crippen MR) is 228 cm³/mol. The Morgan fingerprint density at radius 2 is 1.29 bits per heavy atom. The number of hydrogen-bond acceptors (Lipinski definition) is 12. The van der Waals surface area contributed by atoms with E-state index in [1.165, 1.54) is 12.1 Å². The number of hydrogen-bond donors (Lipinski definition) is 7. The molecule has 7 N–H and O–H groups in total. The van der Waals surface area contributed by atoms with Crippen LogP contribution in [-0.2, 0) is 57.9 Å². The predicted octanol–water partition coefficient (Wildman–Crippen LogP) is 2.63. The van der Waals surface area contributed by atoms with Gasteiger partial charge in [0.25, 0.3) is 5.91 Å². The molecule has 19 nitrogen and oxygen atoms in total. The highest BCUT2D eigenvalue weighted by Crippen LogP contribution is 2.12. The molecule has 0 unspecified atom stereocenters. The molecule has 1 aliphatic rings. The molecule has 1 heterocycles. The second-order valence-corrected chi connectivity index (χ2v) is 15.3. The van der Waals surface area contributed by atoms with Crippen molar-refractivity contribution in [1.29, 1.82) is 0 Å². The van der Waals surface area contributed by atoms with Crippen LogP contribution in [0.5, 0.6) is 0 Å². The number of nitrogens with one attached hydrogen (secondary N) is 7. The highest BCUT2D eigenvalue weighted by molar-refractivity contribution is 6.01. The van der Waals surface area contributed by atoms with Gasteiger partial charge in [-0.3, -0.25) is 44.4 Å². The fraction of sp³-hybridized carbons (Fsp3) is 0.386. The number of rotatable bonds is 11. The van der Waals surface area contributed by atoms with Crippen LogP contribution in [0.3, 0.4) is 0 Å². The maximum absolute atomic E-state index is 13.6. The molecule has 0 aromatic heterocycles. The van der Waals surface area contributed by atoms with Gasteiger partial charge in [0.1, 0.15) is 36.9 Å². The average molecular weight is 871 g/mol. The molecule has 2 bridgehead atoms. The number of fused-ring (bicyclic) bond motifs is 2. The Labute approximate surface area is 364 Å². The fourth-order valence-electron chi connectivity index (χ4n) is 5.87. The normalized spacial score (nSPS) is 17.4. The summed E-state index contributed by atoms with van der Waals surface area (Å²) in [6.45, 7) is 5.65. The summed E-state index contributed by atoms with van der Waals surface area (Å²) >= 11 is 0. The standard InChI is InChI=1S/C44H54N8O11/c1-5-32-40(58)50-33(20-13-21-45-41(51-42(59)61-26-28-14-8-6-9-15-28)52-43(60)62-27-29-16-10-7-11-17-29)38(56)47-25-35(53)48-34(23-36(54)63-44(2,3)4)39(57)46-24-30-18-12-19-31(22-30)37(55)49-32/h6-12,14-19,22,32-34H,5,13,20-21,23-27H2,1-4H3,(H,46,57)(H,47,56)(H,48,53)(H,49,55)(H,50,58)(H2,45,51,52,59,60)/t32-,33+,34+/m1/s1. The number of carbonyl (C=O) groups excluding carboxylic acids is 8. The molecule has 0 aliphatic carbocycles. The molecule has 3 aromatic carbocycles. The first-order valence-corrected chi connectivity index (χ1v) is 20.3.